The summed E-state index contributed by atoms with van der Waals surface area (Å²) in [6.45, 7) is 11.3. The van der Waals surface area contributed by atoms with E-state index in [1.807, 2.05) is 20.8 Å². The Labute approximate surface area is 112 Å². The van der Waals surface area contributed by atoms with E-state index in [-0.39, 0.29) is 11.2 Å². The molecule has 0 saturated carbocycles. The van der Waals surface area contributed by atoms with Crippen LogP contribution in [0.1, 0.15) is 40.5 Å². The Balaban J connectivity index is 2.60. The third-order valence-electron chi connectivity index (χ3n) is 3.17. The minimum absolute atomic E-state index is 0.173. The number of nitrogens with one attached hydrogen (secondary N) is 1. The number of nitrogens with zero attached hydrogens (tertiary/aromatic N) is 1. The second-order valence-electron chi connectivity index (χ2n) is 6.49. The van der Waals surface area contributed by atoms with Gasteiger partial charge in [0.05, 0.1) is 5.75 Å². The summed E-state index contributed by atoms with van der Waals surface area (Å²) in [5, 5.41) is 3.32. The van der Waals surface area contributed by atoms with Gasteiger partial charge in [-0.15, -0.1) is 0 Å². The average molecular weight is 276 g/mol. The Morgan fingerprint density at radius 3 is 2.56 bits per heavy atom. The Kier molecular flexibility index (Phi) is 5.62. The molecule has 0 aromatic carbocycles. The van der Waals surface area contributed by atoms with Crippen LogP contribution in [0.15, 0.2) is 0 Å². The fourth-order valence-electron chi connectivity index (χ4n) is 2.43. The highest BCUT2D eigenvalue weighted by Gasteiger charge is 2.31. The molecule has 1 N–H and O–H groups in total. The van der Waals surface area contributed by atoms with Crippen molar-refractivity contribution in [3.8, 4) is 0 Å². The van der Waals surface area contributed by atoms with Crippen LogP contribution in [0, 0.1) is 11.3 Å². The van der Waals surface area contributed by atoms with E-state index in [1.54, 1.807) is 4.31 Å². The molecule has 1 heterocycles. The van der Waals surface area contributed by atoms with Crippen LogP contribution in [0.2, 0.25) is 0 Å². The zero-order valence-corrected chi connectivity index (χ0v) is 13.0. The Hall–Kier alpha value is -0.130. The highest BCUT2D eigenvalue weighted by molar-refractivity contribution is 7.89. The van der Waals surface area contributed by atoms with Gasteiger partial charge in [-0.25, -0.2) is 12.7 Å². The van der Waals surface area contributed by atoms with Crippen LogP contribution in [0.4, 0.5) is 0 Å². The number of piperidine rings is 1. The van der Waals surface area contributed by atoms with E-state index < -0.39 is 10.0 Å². The van der Waals surface area contributed by atoms with Crippen molar-refractivity contribution < 1.29 is 8.42 Å². The molecule has 1 saturated heterocycles. The van der Waals surface area contributed by atoms with Crippen molar-refractivity contribution in [2.75, 3.05) is 31.9 Å². The van der Waals surface area contributed by atoms with Crippen molar-refractivity contribution >= 4 is 10.0 Å². The zero-order valence-electron chi connectivity index (χ0n) is 12.2. The van der Waals surface area contributed by atoms with Gasteiger partial charge in [0, 0.05) is 13.1 Å². The molecule has 1 aliphatic heterocycles. The lowest BCUT2D eigenvalue weighted by atomic mass is 10.00. The summed E-state index contributed by atoms with van der Waals surface area (Å²) >= 11 is 0. The maximum absolute atomic E-state index is 12.3. The Morgan fingerprint density at radius 2 is 2.00 bits per heavy atom. The van der Waals surface area contributed by atoms with Gasteiger partial charge in [0.15, 0.2) is 0 Å². The molecule has 1 aliphatic rings. The van der Waals surface area contributed by atoms with Crippen LogP contribution in [0.25, 0.3) is 0 Å². The molecular formula is C13H28N2O2S. The first kappa shape index (κ1) is 15.9. The highest BCUT2D eigenvalue weighted by atomic mass is 32.2. The summed E-state index contributed by atoms with van der Waals surface area (Å²) in [6, 6.07) is 0. The van der Waals surface area contributed by atoms with Crippen molar-refractivity contribution in [1.29, 1.82) is 0 Å². The third-order valence-corrected chi connectivity index (χ3v) is 5.52. The molecule has 108 valence electrons. The second kappa shape index (κ2) is 6.35. The molecule has 0 spiro atoms. The van der Waals surface area contributed by atoms with Crippen molar-refractivity contribution in [2.24, 2.45) is 11.3 Å². The fourth-order valence-corrected chi connectivity index (χ4v) is 4.56. The normalized spacial score (nSPS) is 23.2. The number of hydrogen-bond donors (Lipinski definition) is 1. The second-order valence-corrected chi connectivity index (χ2v) is 8.46. The summed E-state index contributed by atoms with van der Waals surface area (Å²) in [6.07, 6.45) is 2.12. The van der Waals surface area contributed by atoms with Gasteiger partial charge >= 0.3 is 0 Å². The van der Waals surface area contributed by atoms with Crippen molar-refractivity contribution in [1.82, 2.24) is 9.62 Å². The quantitative estimate of drug-likeness (QED) is 0.831. The number of sulfonamides is 1. The molecule has 4 nitrogen and oxygen atoms in total. The smallest absolute Gasteiger partial charge is 0.214 e. The predicted octanol–water partition coefficient (Wildman–Crippen LogP) is 1.68. The third kappa shape index (κ3) is 5.24. The first-order valence-corrected chi connectivity index (χ1v) is 8.54. The van der Waals surface area contributed by atoms with E-state index >= 15 is 0 Å². The highest BCUT2D eigenvalue weighted by Crippen LogP contribution is 2.23. The van der Waals surface area contributed by atoms with Crippen molar-refractivity contribution in [3.63, 3.8) is 0 Å². The van der Waals surface area contributed by atoms with E-state index in [4.69, 9.17) is 0 Å². The number of rotatable bonds is 5. The van der Waals surface area contributed by atoms with Crippen molar-refractivity contribution in [3.05, 3.63) is 0 Å². The average Bonchev–Trinajstić information content (AvgIpc) is 2.23. The van der Waals surface area contributed by atoms with Gasteiger partial charge < -0.3 is 5.32 Å². The van der Waals surface area contributed by atoms with Gasteiger partial charge in [-0.3, -0.25) is 0 Å². The van der Waals surface area contributed by atoms with E-state index in [1.165, 1.54) is 0 Å². The first-order chi connectivity index (χ1) is 8.24. The Morgan fingerprint density at radius 1 is 1.33 bits per heavy atom. The molecule has 1 atom stereocenters. The molecule has 1 rings (SSSR count). The maximum Gasteiger partial charge on any atom is 0.214 e. The fraction of sp³-hybridized carbons (Fsp3) is 1.00. The van der Waals surface area contributed by atoms with Gasteiger partial charge in [0.2, 0.25) is 10.0 Å². The number of hydrogen-bond acceptors (Lipinski definition) is 3. The molecule has 0 aromatic rings. The van der Waals surface area contributed by atoms with E-state index in [9.17, 15) is 8.42 Å². The summed E-state index contributed by atoms with van der Waals surface area (Å²) in [5.41, 5.74) is -0.173. The van der Waals surface area contributed by atoms with Crippen molar-refractivity contribution in [2.45, 2.75) is 40.5 Å². The zero-order chi connectivity index (χ0) is 13.8. The molecule has 18 heavy (non-hydrogen) atoms. The van der Waals surface area contributed by atoms with E-state index in [0.717, 1.165) is 25.9 Å². The molecule has 0 radical (unpaired) electrons. The SMILES string of the molecule is CCNCC1CCCN(S(=O)(=O)CC(C)(C)C)C1. The van der Waals surface area contributed by atoms with Crippen LogP contribution in [0.5, 0.6) is 0 Å². The van der Waals surface area contributed by atoms with Crippen LogP contribution >= 0.6 is 0 Å². The molecule has 0 aromatic heterocycles. The first-order valence-electron chi connectivity index (χ1n) is 6.93. The van der Waals surface area contributed by atoms with Gasteiger partial charge in [0.25, 0.3) is 0 Å². The lowest BCUT2D eigenvalue weighted by Gasteiger charge is -2.33. The predicted molar refractivity (Wildman–Crippen MR) is 76.1 cm³/mol. The van der Waals surface area contributed by atoms with Gasteiger partial charge in [-0.1, -0.05) is 27.7 Å². The molecular weight excluding hydrogens is 248 g/mol. The topological polar surface area (TPSA) is 49.4 Å². The van der Waals surface area contributed by atoms with Gasteiger partial charge in [-0.2, -0.15) is 0 Å². The lowest BCUT2D eigenvalue weighted by Crippen LogP contribution is -2.45. The monoisotopic (exact) mass is 276 g/mol. The molecule has 0 amide bonds. The summed E-state index contributed by atoms with van der Waals surface area (Å²) in [4.78, 5) is 0. The van der Waals surface area contributed by atoms with Crippen LogP contribution in [0.3, 0.4) is 0 Å². The van der Waals surface area contributed by atoms with Crippen LogP contribution in [-0.4, -0.2) is 44.7 Å². The summed E-state index contributed by atoms with van der Waals surface area (Å²) in [5.74, 6) is 0.710. The van der Waals surface area contributed by atoms with Crippen LogP contribution in [-0.2, 0) is 10.0 Å². The standard InChI is InChI=1S/C13H28N2O2S/c1-5-14-9-12-7-6-8-15(10-12)18(16,17)11-13(2,3)4/h12,14H,5-11H2,1-4H3. The summed E-state index contributed by atoms with van der Waals surface area (Å²) in [7, 11) is -3.09. The van der Waals surface area contributed by atoms with Gasteiger partial charge in [-0.05, 0) is 37.3 Å². The Bertz CT molecular complexity index is 346. The molecule has 5 heteroatoms. The molecule has 1 fully saturated rings. The maximum atomic E-state index is 12.3. The largest absolute Gasteiger partial charge is 0.317 e. The lowest BCUT2D eigenvalue weighted by molar-refractivity contribution is 0.258. The van der Waals surface area contributed by atoms with E-state index in [2.05, 4.69) is 12.2 Å². The minimum Gasteiger partial charge on any atom is -0.317 e. The van der Waals surface area contributed by atoms with E-state index in [0.29, 0.717) is 19.0 Å². The minimum atomic E-state index is -3.09. The molecule has 0 bridgehead atoms. The molecule has 1 unspecified atom stereocenters. The van der Waals surface area contributed by atoms with Crippen LogP contribution < -0.4 is 5.32 Å². The summed E-state index contributed by atoms with van der Waals surface area (Å²) < 4.78 is 26.4. The van der Waals surface area contributed by atoms with Gasteiger partial charge in [0.1, 0.15) is 0 Å². The molecule has 0 aliphatic carbocycles.